The highest BCUT2D eigenvalue weighted by Gasteiger charge is 2.16. The summed E-state index contributed by atoms with van der Waals surface area (Å²) in [5.41, 5.74) is 2.16. The van der Waals surface area contributed by atoms with Crippen LogP contribution in [0.2, 0.25) is 0 Å². The Hall–Kier alpha value is -3.09. The van der Waals surface area contributed by atoms with Gasteiger partial charge in [0.2, 0.25) is 0 Å². The molecule has 0 aliphatic carbocycles. The zero-order valence-electron chi connectivity index (χ0n) is 19.3. The van der Waals surface area contributed by atoms with Gasteiger partial charge < -0.3 is 19.9 Å². The molecule has 0 fully saturated rings. The Balaban J connectivity index is 1.75. The quantitative estimate of drug-likeness (QED) is 0.466. The SMILES string of the molecule is CCCCCN(CCN(C)C(=O)OCc1ccccc1)C(=O)NCCCc1ccncc1. The largest absolute Gasteiger partial charge is 0.445 e. The van der Waals surface area contributed by atoms with Crippen LogP contribution >= 0.6 is 0 Å². The number of nitrogens with zero attached hydrogens (tertiary/aromatic N) is 3. The van der Waals surface area contributed by atoms with Crippen LogP contribution in [0.4, 0.5) is 9.59 Å². The van der Waals surface area contributed by atoms with Gasteiger partial charge in [0.1, 0.15) is 6.61 Å². The molecule has 0 spiro atoms. The van der Waals surface area contributed by atoms with E-state index in [1.54, 1.807) is 24.3 Å². The van der Waals surface area contributed by atoms with Gasteiger partial charge in [-0.05, 0) is 42.5 Å². The van der Waals surface area contributed by atoms with Crippen molar-refractivity contribution in [1.82, 2.24) is 20.1 Å². The Bertz CT molecular complexity index is 786. The fraction of sp³-hybridized carbons (Fsp3) is 0.480. The van der Waals surface area contributed by atoms with Gasteiger partial charge in [0.15, 0.2) is 0 Å². The van der Waals surface area contributed by atoms with Crippen LogP contribution in [0.3, 0.4) is 0 Å². The van der Waals surface area contributed by atoms with Crippen LogP contribution in [0.1, 0.15) is 43.7 Å². The van der Waals surface area contributed by atoms with Gasteiger partial charge in [0, 0.05) is 45.6 Å². The lowest BCUT2D eigenvalue weighted by Crippen LogP contribution is -2.45. The second-order valence-electron chi connectivity index (χ2n) is 7.85. The predicted molar refractivity (Wildman–Crippen MR) is 126 cm³/mol. The Labute approximate surface area is 191 Å². The summed E-state index contributed by atoms with van der Waals surface area (Å²) < 4.78 is 5.37. The fourth-order valence-electron chi connectivity index (χ4n) is 3.21. The molecule has 0 saturated carbocycles. The van der Waals surface area contributed by atoms with Crippen molar-refractivity contribution in [2.45, 2.75) is 45.6 Å². The number of unbranched alkanes of at least 4 members (excludes halogenated alkanes) is 2. The van der Waals surface area contributed by atoms with Crippen LogP contribution in [0.5, 0.6) is 0 Å². The average Bonchev–Trinajstić information content (AvgIpc) is 2.83. The van der Waals surface area contributed by atoms with Gasteiger partial charge in [-0.3, -0.25) is 4.98 Å². The molecule has 1 aromatic heterocycles. The monoisotopic (exact) mass is 440 g/mol. The predicted octanol–water partition coefficient (Wildman–Crippen LogP) is 4.48. The first kappa shape index (κ1) is 25.2. The van der Waals surface area contributed by atoms with Gasteiger partial charge >= 0.3 is 12.1 Å². The van der Waals surface area contributed by atoms with Gasteiger partial charge in [-0.15, -0.1) is 0 Å². The minimum absolute atomic E-state index is 0.0816. The molecule has 0 aliphatic heterocycles. The van der Waals surface area contributed by atoms with Gasteiger partial charge in [-0.25, -0.2) is 9.59 Å². The summed E-state index contributed by atoms with van der Waals surface area (Å²) in [7, 11) is 1.70. The number of carbonyl (C=O) groups is 2. The van der Waals surface area contributed by atoms with Gasteiger partial charge in [-0.2, -0.15) is 0 Å². The number of amides is 3. The molecule has 0 saturated heterocycles. The van der Waals surface area contributed by atoms with Crippen molar-refractivity contribution >= 4 is 12.1 Å². The summed E-state index contributed by atoms with van der Waals surface area (Å²) in [6.07, 6.45) is 8.05. The van der Waals surface area contributed by atoms with E-state index in [1.807, 2.05) is 42.5 Å². The third kappa shape index (κ3) is 9.81. The van der Waals surface area contributed by atoms with Crippen molar-refractivity contribution in [3.05, 3.63) is 66.0 Å². The highest BCUT2D eigenvalue weighted by molar-refractivity contribution is 5.74. The summed E-state index contributed by atoms with van der Waals surface area (Å²) in [6.45, 7) is 4.56. The number of aromatic nitrogens is 1. The van der Waals surface area contributed by atoms with Crippen molar-refractivity contribution in [2.24, 2.45) is 0 Å². The van der Waals surface area contributed by atoms with E-state index >= 15 is 0 Å². The molecule has 2 rings (SSSR count). The van der Waals surface area contributed by atoms with E-state index in [1.165, 1.54) is 10.5 Å². The first-order valence-corrected chi connectivity index (χ1v) is 11.4. The number of pyridine rings is 1. The lowest BCUT2D eigenvalue weighted by atomic mass is 10.1. The van der Waals surface area contributed by atoms with Crippen LogP contribution in [0.25, 0.3) is 0 Å². The Morgan fingerprint density at radius 3 is 2.41 bits per heavy atom. The van der Waals surface area contributed by atoms with Gasteiger partial charge in [-0.1, -0.05) is 50.1 Å². The molecule has 0 aliphatic rings. The molecule has 3 amide bonds. The standard InChI is InChI=1S/C25H36N4O3/c1-3-4-8-18-29(24(30)27-15-9-12-22-13-16-26-17-14-22)20-19-28(2)25(31)32-21-23-10-6-5-7-11-23/h5-7,10-11,13-14,16-17H,3-4,8-9,12,15,18-21H2,1-2H3,(H,27,30). The van der Waals surface area contributed by atoms with Crippen molar-refractivity contribution in [1.29, 1.82) is 0 Å². The maximum atomic E-state index is 12.7. The average molecular weight is 441 g/mol. The number of hydrogen-bond donors (Lipinski definition) is 1. The van der Waals surface area contributed by atoms with E-state index < -0.39 is 0 Å². The van der Waals surface area contributed by atoms with Crippen LogP contribution in [0.15, 0.2) is 54.9 Å². The second kappa shape index (κ2) is 14.8. The highest BCUT2D eigenvalue weighted by atomic mass is 16.6. The molecule has 0 bridgehead atoms. The number of aryl methyl sites for hydroxylation is 1. The minimum Gasteiger partial charge on any atom is -0.445 e. The van der Waals surface area contributed by atoms with Crippen molar-refractivity contribution in [3.8, 4) is 0 Å². The first-order chi connectivity index (χ1) is 15.6. The molecule has 1 aromatic carbocycles. The van der Waals surface area contributed by atoms with E-state index in [4.69, 9.17) is 4.74 Å². The van der Waals surface area contributed by atoms with Gasteiger partial charge in [0.25, 0.3) is 0 Å². The van der Waals surface area contributed by atoms with E-state index in [0.29, 0.717) is 26.2 Å². The zero-order chi connectivity index (χ0) is 23.0. The molecule has 7 nitrogen and oxygen atoms in total. The lowest BCUT2D eigenvalue weighted by molar-refractivity contribution is 0.101. The van der Waals surface area contributed by atoms with Crippen molar-refractivity contribution < 1.29 is 14.3 Å². The van der Waals surface area contributed by atoms with E-state index in [2.05, 4.69) is 17.2 Å². The zero-order valence-corrected chi connectivity index (χ0v) is 19.3. The van der Waals surface area contributed by atoms with Crippen molar-refractivity contribution in [3.63, 3.8) is 0 Å². The summed E-state index contributed by atoms with van der Waals surface area (Å²) in [4.78, 5) is 32.3. The molecule has 174 valence electrons. The smallest absolute Gasteiger partial charge is 0.409 e. The molecular formula is C25H36N4O3. The topological polar surface area (TPSA) is 74.8 Å². The number of benzene rings is 1. The third-order valence-corrected chi connectivity index (χ3v) is 5.21. The van der Waals surface area contributed by atoms with Crippen LogP contribution < -0.4 is 5.32 Å². The Kier molecular flexibility index (Phi) is 11.7. The number of rotatable bonds is 13. The minimum atomic E-state index is -0.389. The van der Waals surface area contributed by atoms with Crippen LogP contribution in [-0.4, -0.2) is 60.1 Å². The highest BCUT2D eigenvalue weighted by Crippen LogP contribution is 2.05. The molecule has 0 atom stereocenters. The molecule has 1 heterocycles. The maximum Gasteiger partial charge on any atom is 0.409 e. The molecule has 0 radical (unpaired) electrons. The molecule has 7 heteroatoms. The van der Waals surface area contributed by atoms with Crippen LogP contribution in [-0.2, 0) is 17.8 Å². The first-order valence-electron chi connectivity index (χ1n) is 11.4. The molecular weight excluding hydrogens is 404 g/mol. The third-order valence-electron chi connectivity index (χ3n) is 5.21. The maximum absolute atomic E-state index is 12.7. The van der Waals surface area contributed by atoms with E-state index in [-0.39, 0.29) is 18.7 Å². The van der Waals surface area contributed by atoms with E-state index in [9.17, 15) is 9.59 Å². The normalized spacial score (nSPS) is 10.4. The second-order valence-corrected chi connectivity index (χ2v) is 7.85. The molecule has 1 N–H and O–H groups in total. The Morgan fingerprint density at radius 2 is 1.69 bits per heavy atom. The number of likely N-dealkylation sites (N-methyl/N-ethyl adjacent to an activating group) is 1. The molecule has 2 aromatic rings. The fourth-order valence-corrected chi connectivity index (χ4v) is 3.21. The van der Waals surface area contributed by atoms with Gasteiger partial charge in [0.05, 0.1) is 0 Å². The summed E-state index contributed by atoms with van der Waals surface area (Å²) >= 11 is 0. The number of nitrogens with one attached hydrogen (secondary N) is 1. The van der Waals surface area contributed by atoms with Crippen LogP contribution in [0, 0.1) is 0 Å². The van der Waals surface area contributed by atoms with Crippen molar-refractivity contribution in [2.75, 3.05) is 33.2 Å². The lowest BCUT2D eigenvalue weighted by Gasteiger charge is -2.26. The number of carbonyl (C=O) groups excluding carboxylic acids is 2. The Morgan fingerprint density at radius 1 is 0.938 bits per heavy atom. The van der Waals surface area contributed by atoms with E-state index in [0.717, 1.165) is 37.7 Å². The summed E-state index contributed by atoms with van der Waals surface area (Å²) in [5, 5.41) is 3.02. The number of hydrogen-bond acceptors (Lipinski definition) is 4. The molecule has 0 unspecified atom stereocenters. The summed E-state index contributed by atoms with van der Waals surface area (Å²) in [6, 6.07) is 13.5. The number of ether oxygens (including phenoxy) is 1. The summed E-state index contributed by atoms with van der Waals surface area (Å²) in [5.74, 6) is 0. The molecule has 32 heavy (non-hydrogen) atoms. The number of urea groups is 1.